The van der Waals surface area contributed by atoms with Crippen molar-refractivity contribution in [2.45, 2.75) is 38.3 Å². The molecule has 7 heteroatoms. The number of rotatable bonds is 4. The lowest BCUT2D eigenvalue weighted by atomic mass is 9.95. The van der Waals surface area contributed by atoms with Crippen LogP contribution in [0.3, 0.4) is 0 Å². The molecule has 2 aromatic heterocycles. The molecule has 3 rings (SSSR count). The molecule has 1 aliphatic heterocycles. The highest BCUT2D eigenvalue weighted by molar-refractivity contribution is 5.91. The Bertz CT molecular complexity index is 618. The zero-order valence-electron chi connectivity index (χ0n) is 12.5. The summed E-state index contributed by atoms with van der Waals surface area (Å²) in [5.41, 5.74) is 0.882. The molecule has 2 aromatic rings. The molecular formula is C15H19N5O2. The third kappa shape index (κ3) is 3.14. The molecule has 0 aromatic carbocycles. The predicted molar refractivity (Wildman–Crippen MR) is 78.9 cm³/mol. The smallest absolute Gasteiger partial charge is 0.269 e. The Morgan fingerprint density at radius 1 is 1.41 bits per heavy atom. The zero-order valence-corrected chi connectivity index (χ0v) is 12.5. The summed E-state index contributed by atoms with van der Waals surface area (Å²) in [6, 6.07) is 1.62. The molecule has 0 saturated carbocycles. The Kier molecular flexibility index (Phi) is 4.15. The summed E-state index contributed by atoms with van der Waals surface area (Å²) < 4.78 is 5.83. The van der Waals surface area contributed by atoms with Crippen molar-refractivity contribution in [1.82, 2.24) is 25.5 Å². The summed E-state index contributed by atoms with van der Waals surface area (Å²) >= 11 is 0. The SMILES string of the molecule is C[C@@]1(c2ncc(CNC(=O)c3ccn[nH]3)cn2)CCCCO1. The molecule has 0 unspecified atom stereocenters. The van der Waals surface area contributed by atoms with Crippen LogP contribution in [0.25, 0.3) is 0 Å². The van der Waals surface area contributed by atoms with Crippen molar-refractivity contribution in [1.29, 1.82) is 0 Å². The van der Waals surface area contributed by atoms with E-state index in [2.05, 4.69) is 25.5 Å². The maximum Gasteiger partial charge on any atom is 0.269 e. The number of ether oxygens (including phenoxy) is 1. The molecule has 0 aliphatic carbocycles. The topological polar surface area (TPSA) is 92.8 Å². The van der Waals surface area contributed by atoms with E-state index < -0.39 is 5.60 Å². The van der Waals surface area contributed by atoms with E-state index in [1.54, 1.807) is 18.5 Å². The van der Waals surface area contributed by atoms with Gasteiger partial charge >= 0.3 is 0 Å². The number of carbonyl (C=O) groups is 1. The molecule has 3 heterocycles. The van der Waals surface area contributed by atoms with Crippen LogP contribution >= 0.6 is 0 Å². The van der Waals surface area contributed by atoms with Crippen LogP contribution in [0.1, 0.15) is 48.1 Å². The number of nitrogens with one attached hydrogen (secondary N) is 2. The van der Waals surface area contributed by atoms with Gasteiger partial charge in [0.05, 0.1) is 0 Å². The van der Waals surface area contributed by atoms with E-state index in [4.69, 9.17) is 4.74 Å². The Morgan fingerprint density at radius 3 is 2.86 bits per heavy atom. The van der Waals surface area contributed by atoms with Gasteiger partial charge in [0, 0.05) is 37.3 Å². The van der Waals surface area contributed by atoms with Crippen LogP contribution in [-0.4, -0.2) is 32.7 Å². The van der Waals surface area contributed by atoms with Crippen LogP contribution in [-0.2, 0) is 16.9 Å². The summed E-state index contributed by atoms with van der Waals surface area (Å²) in [4.78, 5) is 20.6. The maximum atomic E-state index is 11.8. The van der Waals surface area contributed by atoms with Crippen molar-refractivity contribution in [3.63, 3.8) is 0 Å². The number of nitrogens with zero attached hydrogens (tertiary/aromatic N) is 3. The van der Waals surface area contributed by atoms with E-state index in [1.807, 2.05) is 6.92 Å². The minimum atomic E-state index is -0.393. The first-order chi connectivity index (χ1) is 10.7. The number of H-pyrrole nitrogens is 1. The molecule has 0 radical (unpaired) electrons. The number of aromatic nitrogens is 4. The summed E-state index contributed by atoms with van der Waals surface area (Å²) in [5, 5.41) is 9.15. The number of hydrogen-bond donors (Lipinski definition) is 2. The van der Waals surface area contributed by atoms with Crippen LogP contribution < -0.4 is 5.32 Å². The first kappa shape index (κ1) is 14.6. The number of hydrogen-bond acceptors (Lipinski definition) is 5. The lowest BCUT2D eigenvalue weighted by Gasteiger charge is -2.32. The highest BCUT2D eigenvalue weighted by Crippen LogP contribution is 2.32. The van der Waals surface area contributed by atoms with Gasteiger partial charge in [-0.2, -0.15) is 5.10 Å². The minimum absolute atomic E-state index is 0.204. The summed E-state index contributed by atoms with van der Waals surface area (Å²) in [6.45, 7) is 3.15. The summed E-state index contributed by atoms with van der Waals surface area (Å²) in [6.07, 6.45) is 8.16. The summed E-state index contributed by atoms with van der Waals surface area (Å²) in [5.74, 6) is 0.500. The van der Waals surface area contributed by atoms with E-state index in [0.29, 0.717) is 18.1 Å². The molecule has 2 N–H and O–H groups in total. The van der Waals surface area contributed by atoms with Crippen LogP contribution in [0.5, 0.6) is 0 Å². The third-order valence-electron chi connectivity index (χ3n) is 3.85. The van der Waals surface area contributed by atoms with Gasteiger partial charge in [-0.05, 0) is 32.3 Å². The maximum absolute atomic E-state index is 11.8. The van der Waals surface area contributed by atoms with Crippen LogP contribution in [0.2, 0.25) is 0 Å². The van der Waals surface area contributed by atoms with Gasteiger partial charge in [-0.15, -0.1) is 0 Å². The molecule has 1 fully saturated rings. The second kappa shape index (κ2) is 6.23. The minimum Gasteiger partial charge on any atom is -0.367 e. The normalized spacial score (nSPS) is 21.5. The van der Waals surface area contributed by atoms with Crippen molar-refractivity contribution in [3.05, 3.63) is 41.7 Å². The zero-order chi connectivity index (χ0) is 15.4. The van der Waals surface area contributed by atoms with Crippen molar-refractivity contribution < 1.29 is 9.53 Å². The second-order valence-corrected chi connectivity index (χ2v) is 5.60. The van der Waals surface area contributed by atoms with E-state index in [0.717, 1.165) is 31.4 Å². The van der Waals surface area contributed by atoms with Crippen LogP contribution in [0.4, 0.5) is 0 Å². The number of aromatic amines is 1. The van der Waals surface area contributed by atoms with E-state index in [1.165, 1.54) is 6.20 Å². The van der Waals surface area contributed by atoms with Crippen LogP contribution in [0.15, 0.2) is 24.7 Å². The van der Waals surface area contributed by atoms with E-state index in [9.17, 15) is 4.79 Å². The lowest BCUT2D eigenvalue weighted by Crippen LogP contribution is -2.32. The van der Waals surface area contributed by atoms with E-state index >= 15 is 0 Å². The Balaban J connectivity index is 1.61. The fourth-order valence-electron chi connectivity index (χ4n) is 2.49. The van der Waals surface area contributed by atoms with Crippen LogP contribution in [0, 0.1) is 0 Å². The van der Waals surface area contributed by atoms with E-state index in [-0.39, 0.29) is 5.91 Å². The van der Waals surface area contributed by atoms with Gasteiger partial charge in [-0.25, -0.2) is 9.97 Å². The molecule has 0 spiro atoms. The standard InChI is InChI=1S/C15H19N5O2/c1-15(5-2-3-7-22-15)14-17-9-11(10-18-14)8-16-13(21)12-4-6-19-20-12/h4,6,9-10H,2-3,5,7-8H2,1H3,(H,16,21)(H,19,20)/t15-/m0/s1. The van der Waals surface area contributed by atoms with Gasteiger partial charge in [-0.1, -0.05) is 0 Å². The molecule has 0 bridgehead atoms. The predicted octanol–water partition coefficient (Wildman–Crippen LogP) is 1.55. The molecular weight excluding hydrogens is 282 g/mol. The second-order valence-electron chi connectivity index (χ2n) is 5.60. The van der Waals surface area contributed by atoms with Crippen molar-refractivity contribution in [2.24, 2.45) is 0 Å². The van der Waals surface area contributed by atoms with Gasteiger partial charge < -0.3 is 10.1 Å². The lowest BCUT2D eigenvalue weighted by molar-refractivity contribution is -0.0760. The monoisotopic (exact) mass is 301 g/mol. The fourth-order valence-corrected chi connectivity index (χ4v) is 2.49. The number of carbonyl (C=O) groups excluding carboxylic acids is 1. The van der Waals surface area contributed by atoms with Crippen molar-refractivity contribution >= 4 is 5.91 Å². The highest BCUT2D eigenvalue weighted by atomic mass is 16.5. The Hall–Kier alpha value is -2.28. The van der Waals surface area contributed by atoms with Gasteiger partial charge in [0.1, 0.15) is 11.3 Å². The first-order valence-electron chi connectivity index (χ1n) is 7.40. The molecule has 7 nitrogen and oxygen atoms in total. The quantitative estimate of drug-likeness (QED) is 0.893. The average molecular weight is 301 g/mol. The van der Waals surface area contributed by atoms with Gasteiger partial charge in [0.25, 0.3) is 5.91 Å². The Morgan fingerprint density at radius 2 is 2.23 bits per heavy atom. The van der Waals surface area contributed by atoms with Gasteiger partial charge in [0.15, 0.2) is 5.82 Å². The van der Waals surface area contributed by atoms with Gasteiger partial charge in [0.2, 0.25) is 0 Å². The molecule has 116 valence electrons. The summed E-state index contributed by atoms with van der Waals surface area (Å²) in [7, 11) is 0. The molecule has 1 amide bonds. The average Bonchev–Trinajstić information content (AvgIpc) is 3.08. The Labute approximate surface area is 128 Å². The molecule has 1 aliphatic rings. The molecule has 1 saturated heterocycles. The van der Waals surface area contributed by atoms with Crippen molar-refractivity contribution in [2.75, 3.05) is 6.61 Å². The third-order valence-corrected chi connectivity index (χ3v) is 3.85. The molecule has 1 atom stereocenters. The highest BCUT2D eigenvalue weighted by Gasteiger charge is 2.32. The first-order valence-corrected chi connectivity index (χ1v) is 7.40. The van der Waals surface area contributed by atoms with Gasteiger partial charge in [-0.3, -0.25) is 9.89 Å². The number of amides is 1. The van der Waals surface area contributed by atoms with Crippen molar-refractivity contribution in [3.8, 4) is 0 Å². The largest absolute Gasteiger partial charge is 0.367 e. The fraction of sp³-hybridized carbons (Fsp3) is 0.467. The molecule has 22 heavy (non-hydrogen) atoms.